The number of halogens is 4. The van der Waals surface area contributed by atoms with Crippen LogP contribution in [0.1, 0.15) is 24.0 Å². The van der Waals surface area contributed by atoms with Gasteiger partial charge in [-0.25, -0.2) is 0 Å². The van der Waals surface area contributed by atoms with Crippen LogP contribution in [0.2, 0.25) is 0 Å². The van der Waals surface area contributed by atoms with E-state index in [-0.39, 0.29) is 11.1 Å². The van der Waals surface area contributed by atoms with E-state index in [1.54, 1.807) is 24.3 Å². The largest absolute Gasteiger partial charge is 0.494 e. The van der Waals surface area contributed by atoms with Crippen molar-refractivity contribution < 1.29 is 21.3 Å². The van der Waals surface area contributed by atoms with Crippen LogP contribution in [-0.2, 0) is 8.99 Å². The summed E-state index contributed by atoms with van der Waals surface area (Å²) in [6, 6.07) is 11.7. The molecule has 0 radical (unpaired) electrons. The van der Waals surface area contributed by atoms with Crippen molar-refractivity contribution in [3.63, 3.8) is 0 Å². The molecule has 0 bridgehead atoms. The van der Waals surface area contributed by atoms with Crippen molar-refractivity contribution in [3.05, 3.63) is 59.7 Å². The first-order valence-corrected chi connectivity index (χ1v) is 9.63. The van der Waals surface area contributed by atoms with E-state index in [4.69, 9.17) is 24.1 Å². The standard InChI is InChI=1S/C19H20ClF2IO3/c20-11-1-12-24-17-7-3-15(4-8-17)19(21,22)16-5-9-18(10-6-16)25-13-2-14-26-23/h3-10H,1-2,11-14H2. The third-order valence-corrected chi connectivity index (χ3v) is 4.32. The number of ether oxygens (including phenoxy) is 2. The van der Waals surface area contributed by atoms with E-state index in [1.807, 2.05) is 23.0 Å². The second-order valence-electron chi connectivity index (χ2n) is 5.53. The fraction of sp³-hybridized carbons (Fsp3) is 0.368. The molecule has 0 aliphatic carbocycles. The van der Waals surface area contributed by atoms with Crippen LogP contribution in [0.15, 0.2) is 48.5 Å². The molecule has 7 heteroatoms. The van der Waals surface area contributed by atoms with E-state index in [0.717, 1.165) is 6.42 Å². The summed E-state index contributed by atoms with van der Waals surface area (Å²) in [6.07, 6.45) is 1.44. The van der Waals surface area contributed by atoms with Crippen LogP contribution >= 0.6 is 34.6 Å². The van der Waals surface area contributed by atoms with Crippen molar-refractivity contribution in [1.29, 1.82) is 0 Å². The van der Waals surface area contributed by atoms with Gasteiger partial charge in [0.15, 0.2) is 0 Å². The number of benzene rings is 2. The second kappa shape index (κ2) is 10.9. The highest BCUT2D eigenvalue weighted by molar-refractivity contribution is 14.1. The smallest absolute Gasteiger partial charge is 0.298 e. The van der Waals surface area contributed by atoms with Crippen molar-refractivity contribution in [3.8, 4) is 11.5 Å². The highest BCUT2D eigenvalue weighted by Crippen LogP contribution is 2.37. The Bertz CT molecular complexity index is 651. The summed E-state index contributed by atoms with van der Waals surface area (Å²) >= 11 is 7.40. The van der Waals surface area contributed by atoms with Gasteiger partial charge in [-0.3, -0.25) is 0 Å². The van der Waals surface area contributed by atoms with Crippen LogP contribution in [0.5, 0.6) is 11.5 Å². The number of hydrogen-bond donors (Lipinski definition) is 0. The summed E-state index contributed by atoms with van der Waals surface area (Å²) in [5, 5.41) is 0. The van der Waals surface area contributed by atoms with Gasteiger partial charge < -0.3 is 12.5 Å². The van der Waals surface area contributed by atoms with Gasteiger partial charge in [0.25, 0.3) is 5.92 Å². The van der Waals surface area contributed by atoms with Crippen molar-refractivity contribution in [2.75, 3.05) is 25.7 Å². The van der Waals surface area contributed by atoms with E-state index in [1.165, 1.54) is 24.3 Å². The van der Waals surface area contributed by atoms with Crippen LogP contribution in [0.3, 0.4) is 0 Å². The normalized spacial score (nSPS) is 11.4. The molecule has 3 nitrogen and oxygen atoms in total. The van der Waals surface area contributed by atoms with Gasteiger partial charge in [0.05, 0.1) is 19.8 Å². The molecular weight excluding hydrogens is 477 g/mol. The Morgan fingerprint density at radius 3 is 1.65 bits per heavy atom. The average molecular weight is 497 g/mol. The first-order valence-electron chi connectivity index (χ1n) is 8.22. The summed E-state index contributed by atoms with van der Waals surface area (Å²) < 4.78 is 45.2. The Labute approximate surface area is 171 Å². The molecule has 2 aromatic rings. The number of rotatable bonds is 11. The summed E-state index contributed by atoms with van der Waals surface area (Å²) in [5.41, 5.74) is -0.175. The van der Waals surface area contributed by atoms with Crippen molar-refractivity contribution >= 4 is 34.6 Å². The monoisotopic (exact) mass is 496 g/mol. The lowest BCUT2D eigenvalue weighted by molar-refractivity contribution is 0.0427. The van der Waals surface area contributed by atoms with Crippen molar-refractivity contribution in [2.45, 2.75) is 18.8 Å². The summed E-state index contributed by atoms with van der Waals surface area (Å²) in [4.78, 5) is 0. The SMILES string of the molecule is FC(F)(c1ccc(OCCCCl)cc1)c1ccc(OCCCOI)cc1. The Morgan fingerprint density at radius 2 is 1.23 bits per heavy atom. The lowest BCUT2D eigenvalue weighted by Gasteiger charge is -2.18. The minimum absolute atomic E-state index is 0.0868. The zero-order chi connectivity index (χ0) is 18.8. The molecule has 0 aromatic heterocycles. The number of hydrogen-bond acceptors (Lipinski definition) is 3. The predicted molar refractivity (Wildman–Crippen MR) is 107 cm³/mol. The zero-order valence-corrected chi connectivity index (χ0v) is 17.0. The molecule has 0 heterocycles. The summed E-state index contributed by atoms with van der Waals surface area (Å²) in [6.45, 7) is 1.52. The van der Waals surface area contributed by atoms with Crippen LogP contribution in [0.25, 0.3) is 0 Å². The molecule has 0 spiro atoms. The molecule has 0 saturated heterocycles. The maximum absolute atomic E-state index is 14.7. The molecule has 2 aromatic carbocycles. The Hall–Kier alpha value is -1.12. The molecule has 0 aliphatic rings. The molecule has 26 heavy (non-hydrogen) atoms. The Morgan fingerprint density at radius 1 is 0.769 bits per heavy atom. The van der Waals surface area contributed by atoms with Crippen molar-refractivity contribution in [2.24, 2.45) is 0 Å². The molecule has 0 saturated carbocycles. The van der Waals surface area contributed by atoms with E-state index >= 15 is 0 Å². The second-order valence-corrected chi connectivity index (χ2v) is 6.53. The van der Waals surface area contributed by atoms with Gasteiger partial charge in [-0.2, -0.15) is 8.78 Å². The maximum Gasteiger partial charge on any atom is 0.298 e. The fourth-order valence-corrected chi connectivity index (χ4v) is 2.66. The van der Waals surface area contributed by atoms with Crippen LogP contribution in [0.4, 0.5) is 8.78 Å². The van der Waals surface area contributed by atoms with Crippen molar-refractivity contribution in [1.82, 2.24) is 0 Å². The third kappa shape index (κ3) is 6.25. The van der Waals surface area contributed by atoms with Crippen LogP contribution < -0.4 is 9.47 Å². The lowest BCUT2D eigenvalue weighted by Crippen LogP contribution is -2.15. The topological polar surface area (TPSA) is 27.7 Å². The number of alkyl halides is 3. The molecule has 0 aliphatic heterocycles. The van der Waals surface area contributed by atoms with E-state index in [9.17, 15) is 8.78 Å². The van der Waals surface area contributed by atoms with Gasteiger partial charge >= 0.3 is 0 Å². The molecule has 0 unspecified atom stereocenters. The van der Waals surface area contributed by atoms with Crippen LogP contribution in [-0.4, -0.2) is 25.7 Å². The molecular formula is C19H20ClF2IO3. The average Bonchev–Trinajstić information content (AvgIpc) is 2.66. The zero-order valence-electron chi connectivity index (χ0n) is 14.1. The minimum atomic E-state index is -3.09. The first kappa shape index (κ1) is 21.2. The Kier molecular flexibility index (Phi) is 8.87. The lowest BCUT2D eigenvalue weighted by atomic mass is 10.0. The molecule has 0 amide bonds. The van der Waals surface area contributed by atoms with Gasteiger partial charge in [-0.15, -0.1) is 11.6 Å². The Balaban J connectivity index is 1.99. The predicted octanol–water partition coefficient (Wildman–Crippen LogP) is 5.97. The minimum Gasteiger partial charge on any atom is -0.494 e. The molecule has 142 valence electrons. The first-order chi connectivity index (χ1) is 12.6. The summed E-state index contributed by atoms with van der Waals surface area (Å²) in [5.74, 6) is -1.49. The van der Waals surface area contributed by atoms with Gasteiger partial charge in [0.1, 0.15) is 34.5 Å². The highest BCUT2D eigenvalue weighted by atomic mass is 127. The third-order valence-electron chi connectivity index (χ3n) is 3.61. The summed E-state index contributed by atoms with van der Waals surface area (Å²) in [7, 11) is 0. The van der Waals surface area contributed by atoms with Gasteiger partial charge in [0, 0.05) is 23.4 Å². The van der Waals surface area contributed by atoms with E-state index < -0.39 is 5.92 Å². The highest BCUT2D eigenvalue weighted by Gasteiger charge is 2.33. The molecule has 0 N–H and O–H groups in total. The quantitative estimate of drug-likeness (QED) is 0.218. The maximum atomic E-state index is 14.7. The van der Waals surface area contributed by atoms with Gasteiger partial charge in [-0.1, -0.05) is 0 Å². The van der Waals surface area contributed by atoms with E-state index in [0.29, 0.717) is 43.6 Å². The van der Waals surface area contributed by atoms with E-state index in [2.05, 4.69) is 0 Å². The molecule has 0 atom stereocenters. The molecule has 0 fully saturated rings. The fourth-order valence-electron chi connectivity index (χ4n) is 2.24. The van der Waals surface area contributed by atoms with Crippen LogP contribution in [0, 0.1) is 0 Å². The molecule has 2 rings (SSSR count). The van der Waals surface area contributed by atoms with Gasteiger partial charge in [0.2, 0.25) is 0 Å². The van der Waals surface area contributed by atoms with Gasteiger partial charge in [-0.05, 0) is 55.0 Å².